The van der Waals surface area contributed by atoms with Crippen molar-refractivity contribution in [3.63, 3.8) is 0 Å². The first-order chi connectivity index (χ1) is 15.1. The summed E-state index contributed by atoms with van der Waals surface area (Å²) < 4.78 is 5.66. The first-order valence-electron chi connectivity index (χ1n) is 9.49. The molecule has 3 aromatic heterocycles. The smallest absolute Gasteiger partial charge is 0.267 e. The van der Waals surface area contributed by atoms with Crippen LogP contribution in [0.15, 0.2) is 83.5 Å². The lowest BCUT2D eigenvalue weighted by molar-refractivity contribution is 0.103. The van der Waals surface area contributed by atoms with Crippen molar-refractivity contribution in [2.75, 3.05) is 11.1 Å². The van der Waals surface area contributed by atoms with E-state index in [4.69, 9.17) is 26.7 Å². The van der Waals surface area contributed by atoms with E-state index in [0.717, 1.165) is 16.8 Å². The summed E-state index contributed by atoms with van der Waals surface area (Å²) in [6, 6.07) is 22.3. The van der Waals surface area contributed by atoms with Gasteiger partial charge >= 0.3 is 0 Å². The Bertz CT molecular complexity index is 1380. The topological polar surface area (TPSA) is 81.2 Å². The fraction of sp³-hybridized carbons (Fsp3) is 0. The van der Waals surface area contributed by atoms with Crippen molar-refractivity contribution < 1.29 is 9.21 Å². The number of benzene rings is 2. The summed E-state index contributed by atoms with van der Waals surface area (Å²) in [6.45, 7) is 0. The van der Waals surface area contributed by atoms with E-state index in [-0.39, 0.29) is 5.91 Å². The first-order valence-corrected chi connectivity index (χ1v) is 10.7. The molecular weight excluding hydrogens is 430 g/mol. The lowest BCUT2D eigenvalue weighted by Gasteiger charge is -2.07. The Balaban J connectivity index is 1.67. The second kappa shape index (κ2) is 7.91. The highest BCUT2D eigenvalue weighted by atomic mass is 35.5. The number of pyridine rings is 1. The molecule has 0 bridgehead atoms. The van der Waals surface area contributed by atoms with Crippen LogP contribution in [-0.4, -0.2) is 10.9 Å². The molecule has 0 aliphatic rings. The number of nitrogens with two attached hydrogens (primary N) is 1. The monoisotopic (exact) mass is 445 g/mol. The van der Waals surface area contributed by atoms with Gasteiger partial charge < -0.3 is 15.5 Å². The fourth-order valence-electron chi connectivity index (χ4n) is 3.39. The summed E-state index contributed by atoms with van der Waals surface area (Å²) in [5.41, 5.74) is 9.97. The lowest BCUT2D eigenvalue weighted by atomic mass is 10.0. The molecular formula is C24H16ClN3O2S. The van der Waals surface area contributed by atoms with Gasteiger partial charge in [-0.15, -0.1) is 11.3 Å². The van der Waals surface area contributed by atoms with Crippen molar-refractivity contribution in [1.29, 1.82) is 0 Å². The van der Waals surface area contributed by atoms with E-state index in [9.17, 15) is 4.79 Å². The Hall–Kier alpha value is -3.61. The van der Waals surface area contributed by atoms with E-state index >= 15 is 0 Å². The fourth-order valence-corrected chi connectivity index (χ4v) is 4.53. The highest BCUT2D eigenvalue weighted by molar-refractivity contribution is 7.21. The molecule has 5 aromatic rings. The van der Waals surface area contributed by atoms with Gasteiger partial charge in [0, 0.05) is 27.2 Å². The van der Waals surface area contributed by atoms with Gasteiger partial charge in [0.15, 0.2) is 0 Å². The summed E-state index contributed by atoms with van der Waals surface area (Å²) in [7, 11) is 0. The van der Waals surface area contributed by atoms with Crippen molar-refractivity contribution in [2.24, 2.45) is 0 Å². The SMILES string of the molecule is Nc1c(C(=O)Nc2ccccc2)sc2nc(-c3ccc(Cl)cc3)cc(-c3ccco3)c12. The normalized spacial score (nSPS) is 11.0. The van der Waals surface area contributed by atoms with Gasteiger partial charge in [-0.2, -0.15) is 0 Å². The number of carbonyl (C=O) groups excluding carboxylic acids is 1. The number of carbonyl (C=O) groups is 1. The molecule has 0 spiro atoms. The van der Waals surface area contributed by atoms with Crippen molar-refractivity contribution in [2.45, 2.75) is 0 Å². The van der Waals surface area contributed by atoms with Crippen LogP contribution < -0.4 is 11.1 Å². The van der Waals surface area contributed by atoms with Crippen LogP contribution in [0.25, 0.3) is 32.8 Å². The second-order valence-corrected chi connectivity index (χ2v) is 8.32. The number of anilines is 2. The molecule has 2 aromatic carbocycles. The minimum atomic E-state index is -0.273. The summed E-state index contributed by atoms with van der Waals surface area (Å²) in [6.07, 6.45) is 1.61. The van der Waals surface area contributed by atoms with Gasteiger partial charge in [-0.1, -0.05) is 41.9 Å². The van der Waals surface area contributed by atoms with E-state index < -0.39 is 0 Å². The van der Waals surface area contributed by atoms with Gasteiger partial charge in [0.2, 0.25) is 0 Å². The molecule has 31 heavy (non-hydrogen) atoms. The van der Waals surface area contributed by atoms with Crippen LogP contribution in [0.2, 0.25) is 5.02 Å². The number of amides is 1. The molecule has 0 radical (unpaired) electrons. The molecule has 5 rings (SSSR count). The summed E-state index contributed by atoms with van der Waals surface area (Å²) in [4.78, 5) is 18.8. The molecule has 152 valence electrons. The number of hydrogen-bond acceptors (Lipinski definition) is 5. The van der Waals surface area contributed by atoms with Crippen LogP contribution in [0.3, 0.4) is 0 Å². The summed E-state index contributed by atoms with van der Waals surface area (Å²) in [5, 5.41) is 4.25. The molecule has 0 atom stereocenters. The van der Waals surface area contributed by atoms with Crippen molar-refractivity contribution in [3.05, 3.63) is 89.0 Å². The number of rotatable bonds is 4. The Morgan fingerprint density at radius 2 is 1.81 bits per heavy atom. The zero-order valence-electron chi connectivity index (χ0n) is 16.1. The van der Waals surface area contributed by atoms with E-state index in [1.807, 2.05) is 72.8 Å². The predicted octanol–water partition coefficient (Wildman–Crippen LogP) is 6.71. The van der Waals surface area contributed by atoms with Crippen LogP contribution >= 0.6 is 22.9 Å². The number of thiophene rings is 1. The van der Waals surface area contributed by atoms with Crippen LogP contribution in [-0.2, 0) is 0 Å². The van der Waals surface area contributed by atoms with Gasteiger partial charge in [-0.3, -0.25) is 4.79 Å². The standard InChI is InChI=1S/C24H16ClN3O2S/c25-15-10-8-14(9-11-15)18-13-17(19-7-4-12-30-19)20-21(26)22(31-24(20)28-18)23(29)27-16-5-2-1-3-6-16/h1-13H,26H2,(H,27,29). The minimum Gasteiger partial charge on any atom is -0.464 e. The van der Waals surface area contributed by atoms with E-state index in [2.05, 4.69) is 5.32 Å². The molecule has 0 aliphatic carbocycles. The predicted molar refractivity (Wildman–Crippen MR) is 127 cm³/mol. The van der Waals surface area contributed by atoms with Crippen molar-refractivity contribution >= 4 is 50.4 Å². The molecule has 0 aliphatic heterocycles. The number of para-hydroxylation sites is 1. The molecule has 0 fully saturated rings. The third-order valence-electron chi connectivity index (χ3n) is 4.86. The zero-order chi connectivity index (χ0) is 21.4. The highest BCUT2D eigenvalue weighted by Gasteiger charge is 2.22. The van der Waals surface area contributed by atoms with Gasteiger partial charge in [0.25, 0.3) is 5.91 Å². The number of furan rings is 1. The first kappa shape index (κ1) is 19.4. The number of nitrogens with zero attached hydrogens (tertiary/aromatic N) is 1. The molecule has 0 unspecified atom stereocenters. The van der Waals surface area contributed by atoms with E-state index in [1.54, 1.807) is 6.26 Å². The third kappa shape index (κ3) is 3.67. The molecule has 1 amide bonds. The minimum absolute atomic E-state index is 0.273. The second-order valence-electron chi connectivity index (χ2n) is 6.88. The molecule has 0 saturated heterocycles. The number of hydrogen-bond donors (Lipinski definition) is 2. The van der Waals surface area contributed by atoms with Gasteiger partial charge in [-0.25, -0.2) is 4.98 Å². The third-order valence-corrected chi connectivity index (χ3v) is 6.21. The van der Waals surface area contributed by atoms with E-state index in [1.165, 1.54) is 11.3 Å². The average molecular weight is 446 g/mol. The summed E-state index contributed by atoms with van der Waals surface area (Å²) >= 11 is 7.30. The molecule has 3 N–H and O–H groups in total. The lowest BCUT2D eigenvalue weighted by Crippen LogP contribution is -2.11. The Kier molecular flexibility index (Phi) is 4.94. The number of nitrogen functional groups attached to an aromatic ring is 1. The summed E-state index contributed by atoms with van der Waals surface area (Å²) in [5.74, 6) is 0.382. The number of aromatic nitrogens is 1. The maximum absolute atomic E-state index is 12.9. The van der Waals surface area contributed by atoms with Crippen LogP contribution in [0.4, 0.5) is 11.4 Å². The quantitative estimate of drug-likeness (QED) is 0.322. The molecule has 7 heteroatoms. The zero-order valence-corrected chi connectivity index (χ0v) is 17.7. The van der Waals surface area contributed by atoms with Crippen molar-refractivity contribution in [3.8, 4) is 22.6 Å². The highest BCUT2D eigenvalue weighted by Crippen LogP contribution is 2.41. The van der Waals surface area contributed by atoms with Gasteiger partial charge in [-0.05, 0) is 42.5 Å². The van der Waals surface area contributed by atoms with Crippen molar-refractivity contribution in [1.82, 2.24) is 4.98 Å². The van der Waals surface area contributed by atoms with E-state index in [0.29, 0.717) is 37.3 Å². The Morgan fingerprint density at radius 1 is 1.03 bits per heavy atom. The largest absolute Gasteiger partial charge is 0.464 e. The molecule has 3 heterocycles. The van der Waals surface area contributed by atoms with Crippen LogP contribution in [0.5, 0.6) is 0 Å². The Morgan fingerprint density at radius 3 is 2.52 bits per heavy atom. The molecule has 0 saturated carbocycles. The van der Waals surface area contributed by atoms with Crippen LogP contribution in [0.1, 0.15) is 9.67 Å². The number of fused-ring (bicyclic) bond motifs is 1. The molecule has 5 nitrogen and oxygen atoms in total. The van der Waals surface area contributed by atoms with Gasteiger partial charge in [0.1, 0.15) is 15.5 Å². The number of nitrogens with one attached hydrogen (secondary N) is 1. The number of halogens is 1. The maximum Gasteiger partial charge on any atom is 0.267 e. The maximum atomic E-state index is 12.9. The average Bonchev–Trinajstić information content (AvgIpc) is 3.43. The van der Waals surface area contributed by atoms with Crippen LogP contribution in [0, 0.1) is 0 Å². The Labute approximate surface area is 187 Å². The van der Waals surface area contributed by atoms with Gasteiger partial charge in [0.05, 0.1) is 17.6 Å².